The summed E-state index contributed by atoms with van der Waals surface area (Å²) in [6.45, 7) is 3.08. The molecule has 0 spiro atoms. The minimum Gasteiger partial charge on any atom is -0.482 e. The van der Waals surface area contributed by atoms with E-state index in [9.17, 15) is 18.0 Å². The van der Waals surface area contributed by atoms with Gasteiger partial charge in [0, 0.05) is 7.05 Å². The van der Waals surface area contributed by atoms with Crippen LogP contribution in [-0.4, -0.2) is 45.5 Å². The van der Waals surface area contributed by atoms with Crippen molar-refractivity contribution in [1.29, 1.82) is 0 Å². The van der Waals surface area contributed by atoms with Crippen molar-refractivity contribution in [3.63, 3.8) is 0 Å². The van der Waals surface area contributed by atoms with Gasteiger partial charge < -0.3 is 9.47 Å². The van der Waals surface area contributed by atoms with Gasteiger partial charge in [0.25, 0.3) is 15.9 Å². The van der Waals surface area contributed by atoms with Crippen LogP contribution in [0.4, 0.5) is 10.8 Å². The summed E-state index contributed by atoms with van der Waals surface area (Å²) >= 11 is 2.49. The van der Waals surface area contributed by atoms with E-state index in [1.807, 2.05) is 26.0 Å². The number of anilines is 2. The maximum absolute atomic E-state index is 12.6. The number of benzene rings is 2. The first-order valence-corrected chi connectivity index (χ1v) is 13.9. The molecular formula is C24H23N3O6S3. The first-order chi connectivity index (χ1) is 17.1. The maximum atomic E-state index is 12.6. The number of aryl methyl sites for hydroxylation is 2. The van der Waals surface area contributed by atoms with Crippen LogP contribution in [0.3, 0.4) is 0 Å². The molecule has 12 heteroatoms. The molecule has 2 aromatic heterocycles. The number of aromatic nitrogens is 1. The molecule has 36 heavy (non-hydrogen) atoms. The number of nitrogens with zero attached hydrogens (tertiary/aromatic N) is 2. The van der Waals surface area contributed by atoms with Gasteiger partial charge in [0.1, 0.15) is 9.96 Å². The summed E-state index contributed by atoms with van der Waals surface area (Å²) in [5, 5.41) is 4.77. The van der Waals surface area contributed by atoms with E-state index >= 15 is 0 Å². The summed E-state index contributed by atoms with van der Waals surface area (Å²) in [6.07, 6.45) is 0. The molecule has 2 heterocycles. The van der Waals surface area contributed by atoms with E-state index in [0.717, 1.165) is 32.7 Å². The number of thiazole rings is 1. The number of rotatable bonds is 9. The van der Waals surface area contributed by atoms with Gasteiger partial charge in [-0.1, -0.05) is 23.5 Å². The van der Waals surface area contributed by atoms with E-state index in [0.29, 0.717) is 16.6 Å². The lowest BCUT2D eigenvalue weighted by Crippen LogP contribution is -2.25. The van der Waals surface area contributed by atoms with Crippen molar-refractivity contribution < 1.29 is 27.5 Å². The van der Waals surface area contributed by atoms with Gasteiger partial charge in [-0.15, -0.1) is 11.3 Å². The van der Waals surface area contributed by atoms with Gasteiger partial charge in [-0.3, -0.25) is 14.4 Å². The largest absolute Gasteiger partial charge is 0.482 e. The van der Waals surface area contributed by atoms with Crippen LogP contribution in [0.25, 0.3) is 10.2 Å². The number of carbonyl (C=O) groups excluding carboxylic acids is 2. The number of carbonyl (C=O) groups is 2. The highest BCUT2D eigenvalue weighted by Gasteiger charge is 2.22. The summed E-state index contributed by atoms with van der Waals surface area (Å²) in [5.41, 5.74) is 3.40. The van der Waals surface area contributed by atoms with E-state index in [1.165, 1.54) is 22.7 Å². The molecule has 9 nitrogen and oxygen atoms in total. The highest BCUT2D eigenvalue weighted by Crippen LogP contribution is 2.29. The van der Waals surface area contributed by atoms with Crippen LogP contribution in [0.2, 0.25) is 0 Å². The molecule has 1 N–H and O–H groups in total. The van der Waals surface area contributed by atoms with Gasteiger partial charge in [-0.05, 0) is 66.8 Å². The monoisotopic (exact) mass is 545 g/mol. The van der Waals surface area contributed by atoms with Crippen molar-refractivity contribution >= 4 is 65.6 Å². The number of fused-ring (bicyclic) bond motifs is 1. The van der Waals surface area contributed by atoms with Gasteiger partial charge in [-0.25, -0.2) is 18.2 Å². The average molecular weight is 546 g/mol. The second kappa shape index (κ2) is 10.6. The zero-order chi connectivity index (χ0) is 25.9. The Hall–Kier alpha value is -3.48. The van der Waals surface area contributed by atoms with E-state index in [2.05, 4.69) is 10.3 Å². The lowest BCUT2D eigenvalue weighted by Gasteiger charge is -2.18. The lowest BCUT2D eigenvalue weighted by molar-refractivity contribution is -0.149. The zero-order valence-corrected chi connectivity index (χ0v) is 22.1. The molecule has 0 fully saturated rings. The zero-order valence-electron chi connectivity index (χ0n) is 19.7. The van der Waals surface area contributed by atoms with Crippen LogP contribution in [0.5, 0.6) is 5.75 Å². The molecule has 4 aromatic rings. The fourth-order valence-corrected chi connectivity index (χ4v) is 6.76. The Morgan fingerprint density at radius 1 is 1.08 bits per heavy atom. The molecule has 0 unspecified atom stereocenters. The molecule has 4 rings (SSSR count). The molecule has 0 aliphatic carbocycles. The number of esters is 1. The molecule has 0 bridgehead atoms. The molecule has 0 aliphatic rings. The van der Waals surface area contributed by atoms with E-state index in [-0.39, 0.29) is 4.21 Å². The van der Waals surface area contributed by atoms with Gasteiger partial charge in [0.2, 0.25) is 0 Å². The third kappa shape index (κ3) is 5.83. The van der Waals surface area contributed by atoms with Crippen LogP contribution in [0, 0.1) is 13.8 Å². The minimum atomic E-state index is -3.64. The second-order valence-electron chi connectivity index (χ2n) is 7.84. The van der Waals surface area contributed by atoms with Crippen LogP contribution in [0.15, 0.2) is 58.1 Å². The van der Waals surface area contributed by atoms with Gasteiger partial charge in [0.15, 0.2) is 18.3 Å². The minimum absolute atomic E-state index is 0.241. The van der Waals surface area contributed by atoms with Gasteiger partial charge >= 0.3 is 5.97 Å². The van der Waals surface area contributed by atoms with Crippen LogP contribution in [0.1, 0.15) is 11.1 Å². The number of hydrogen-bond donors (Lipinski definition) is 1. The number of nitrogens with one attached hydrogen (secondary N) is 1. The Morgan fingerprint density at radius 3 is 2.53 bits per heavy atom. The van der Waals surface area contributed by atoms with Crippen LogP contribution >= 0.6 is 22.7 Å². The molecule has 188 valence electrons. The number of hydrogen-bond acceptors (Lipinski definition) is 9. The Morgan fingerprint density at radius 2 is 1.83 bits per heavy atom. The molecule has 0 saturated heterocycles. The van der Waals surface area contributed by atoms with Gasteiger partial charge in [0.05, 0.1) is 15.9 Å². The lowest BCUT2D eigenvalue weighted by atomic mass is 10.1. The van der Waals surface area contributed by atoms with E-state index in [1.54, 1.807) is 41.8 Å². The normalized spacial score (nSPS) is 11.3. The third-order valence-corrected chi connectivity index (χ3v) is 9.18. The Labute approximate surface area is 216 Å². The van der Waals surface area contributed by atoms with Gasteiger partial charge in [-0.2, -0.15) is 0 Å². The predicted molar refractivity (Wildman–Crippen MR) is 141 cm³/mol. The highest BCUT2D eigenvalue weighted by atomic mass is 32.2. The quantitative estimate of drug-likeness (QED) is 0.311. The standard InChI is InChI=1S/C24H23N3O6S3/c1-15-11-16(2)23-19(12-15)35-24(26-23)25-20(28)13-33-21(29)14-32-18-8-6-17(7-9-18)27(3)36(30,31)22-5-4-10-34-22/h4-12H,13-14H2,1-3H3,(H,25,26,28). The topological polar surface area (TPSA) is 115 Å². The number of thiophene rings is 1. The Kier molecular flexibility index (Phi) is 7.57. The summed E-state index contributed by atoms with van der Waals surface area (Å²) in [7, 11) is -2.18. The average Bonchev–Trinajstić information content (AvgIpc) is 3.52. The predicted octanol–water partition coefficient (Wildman–Crippen LogP) is 4.36. The van der Waals surface area contributed by atoms with Crippen LogP contribution in [-0.2, 0) is 24.3 Å². The first-order valence-electron chi connectivity index (χ1n) is 10.7. The molecule has 0 saturated carbocycles. The molecular weight excluding hydrogens is 522 g/mol. The van der Waals surface area contributed by atoms with Crippen molar-refractivity contribution in [2.45, 2.75) is 18.1 Å². The van der Waals surface area contributed by atoms with E-state index in [4.69, 9.17) is 9.47 Å². The second-order valence-corrected chi connectivity index (χ2v) is 12.0. The maximum Gasteiger partial charge on any atom is 0.344 e. The smallest absolute Gasteiger partial charge is 0.344 e. The Bertz CT molecular complexity index is 1500. The van der Waals surface area contributed by atoms with Crippen molar-refractivity contribution in [3.8, 4) is 5.75 Å². The number of ether oxygens (including phenoxy) is 2. The van der Waals surface area contributed by atoms with E-state index < -0.39 is 35.1 Å². The molecule has 1 amide bonds. The Balaban J connectivity index is 1.25. The SMILES string of the molecule is Cc1cc(C)c2nc(NC(=O)COC(=O)COc3ccc(N(C)S(=O)(=O)c4cccs4)cc3)sc2c1. The highest BCUT2D eigenvalue weighted by molar-refractivity contribution is 7.94. The fraction of sp³-hybridized carbons (Fsp3) is 0.208. The molecule has 0 atom stereocenters. The van der Waals surface area contributed by atoms with Crippen molar-refractivity contribution in [1.82, 2.24) is 4.98 Å². The van der Waals surface area contributed by atoms with Crippen molar-refractivity contribution in [2.24, 2.45) is 0 Å². The van der Waals surface area contributed by atoms with Crippen molar-refractivity contribution in [2.75, 3.05) is 29.9 Å². The molecule has 0 aliphatic heterocycles. The number of amides is 1. The first kappa shape index (κ1) is 25.6. The summed E-state index contributed by atoms with van der Waals surface area (Å²) in [4.78, 5) is 28.6. The fourth-order valence-electron chi connectivity index (χ4n) is 3.35. The summed E-state index contributed by atoms with van der Waals surface area (Å²) < 4.78 is 38.0. The van der Waals surface area contributed by atoms with Crippen molar-refractivity contribution in [3.05, 3.63) is 65.0 Å². The summed E-state index contributed by atoms with van der Waals surface area (Å²) in [5.74, 6) is -0.874. The number of sulfonamides is 1. The molecule has 0 radical (unpaired) electrons. The van der Waals surface area contributed by atoms with Crippen LogP contribution < -0.4 is 14.4 Å². The molecule has 2 aromatic carbocycles. The summed E-state index contributed by atoms with van der Waals surface area (Å²) in [6, 6.07) is 13.5. The third-order valence-electron chi connectivity index (χ3n) is 5.11.